The highest BCUT2D eigenvalue weighted by molar-refractivity contribution is 5.79. The third-order valence-corrected chi connectivity index (χ3v) is 3.08. The Labute approximate surface area is 149 Å². The Kier molecular flexibility index (Phi) is 7.42. The number of hydrogen-bond acceptors (Lipinski definition) is 6. The number of esters is 2. The van der Waals surface area contributed by atoms with Gasteiger partial charge < -0.3 is 19.5 Å². The van der Waals surface area contributed by atoms with Gasteiger partial charge in [-0.15, -0.1) is 0 Å². The topological polar surface area (TPSA) is 73.9 Å². The molecule has 0 aliphatic heterocycles. The van der Waals surface area contributed by atoms with Crippen LogP contribution in [-0.2, 0) is 25.6 Å². The zero-order valence-electron chi connectivity index (χ0n) is 16.0. The van der Waals surface area contributed by atoms with Crippen molar-refractivity contribution in [2.24, 2.45) is 0 Å². The Morgan fingerprint density at radius 1 is 1.04 bits per heavy atom. The van der Waals surface area contributed by atoms with Crippen LogP contribution in [0.3, 0.4) is 0 Å². The van der Waals surface area contributed by atoms with Gasteiger partial charge >= 0.3 is 11.9 Å². The molecule has 1 rings (SSSR count). The van der Waals surface area contributed by atoms with Crippen LogP contribution in [-0.4, -0.2) is 36.3 Å². The monoisotopic (exact) mass is 351 g/mol. The van der Waals surface area contributed by atoms with Crippen molar-refractivity contribution >= 4 is 11.9 Å². The normalized spacial score (nSPS) is 11.8. The average molecular weight is 351 g/mol. The minimum Gasteiger partial charge on any atom is -0.476 e. The van der Waals surface area contributed by atoms with Gasteiger partial charge in [-0.05, 0) is 59.2 Å². The molecule has 0 heterocycles. The third-order valence-electron chi connectivity index (χ3n) is 3.08. The van der Waals surface area contributed by atoms with Gasteiger partial charge in [0.25, 0.3) is 0 Å². The summed E-state index contributed by atoms with van der Waals surface area (Å²) in [6, 6.07) is 7.31. The molecule has 0 bridgehead atoms. The second kappa shape index (κ2) is 8.85. The number of rotatable bonds is 8. The quantitative estimate of drug-likeness (QED) is 0.726. The maximum absolute atomic E-state index is 11.8. The van der Waals surface area contributed by atoms with E-state index in [-0.39, 0.29) is 12.5 Å². The molecule has 0 aromatic heterocycles. The molecular formula is C19H29NO5. The molecule has 0 amide bonds. The van der Waals surface area contributed by atoms with E-state index in [1.54, 1.807) is 32.9 Å². The maximum atomic E-state index is 11.8. The first-order chi connectivity index (χ1) is 11.5. The zero-order valence-corrected chi connectivity index (χ0v) is 16.0. The first kappa shape index (κ1) is 21.0. The van der Waals surface area contributed by atoms with E-state index >= 15 is 0 Å². The lowest BCUT2D eigenvalue weighted by atomic mass is 10.1. The van der Waals surface area contributed by atoms with E-state index in [4.69, 9.17) is 14.2 Å². The summed E-state index contributed by atoms with van der Waals surface area (Å²) in [4.78, 5) is 23.5. The van der Waals surface area contributed by atoms with Gasteiger partial charge in [0.2, 0.25) is 0 Å². The van der Waals surface area contributed by atoms with Crippen molar-refractivity contribution in [1.29, 1.82) is 0 Å². The lowest BCUT2D eigenvalue weighted by Gasteiger charge is -2.24. The molecule has 140 valence electrons. The predicted octanol–water partition coefficient (Wildman–Crippen LogP) is 2.84. The van der Waals surface area contributed by atoms with Gasteiger partial charge in [-0.2, -0.15) is 0 Å². The molecule has 0 spiro atoms. The Morgan fingerprint density at radius 2 is 1.64 bits per heavy atom. The summed E-state index contributed by atoms with van der Waals surface area (Å²) < 4.78 is 15.9. The van der Waals surface area contributed by atoms with E-state index in [1.807, 2.05) is 32.9 Å². The summed E-state index contributed by atoms with van der Waals surface area (Å²) in [5.74, 6) is -0.115. The number of carbonyl (C=O) groups is 2. The molecule has 0 fully saturated rings. The van der Waals surface area contributed by atoms with Gasteiger partial charge in [-0.3, -0.25) is 4.79 Å². The molecule has 0 saturated carbocycles. The summed E-state index contributed by atoms with van der Waals surface area (Å²) >= 11 is 0. The van der Waals surface area contributed by atoms with Crippen LogP contribution >= 0.6 is 0 Å². The van der Waals surface area contributed by atoms with Crippen molar-refractivity contribution < 1.29 is 23.8 Å². The van der Waals surface area contributed by atoms with E-state index in [1.165, 1.54) is 0 Å². The maximum Gasteiger partial charge on any atom is 0.349 e. The number of carbonyl (C=O) groups excluding carboxylic acids is 2. The molecule has 0 unspecified atom stereocenters. The van der Waals surface area contributed by atoms with Gasteiger partial charge in [0, 0.05) is 6.54 Å². The van der Waals surface area contributed by atoms with Crippen LogP contribution in [0.15, 0.2) is 24.3 Å². The highest BCUT2D eigenvalue weighted by Gasteiger charge is 2.31. The first-order valence-electron chi connectivity index (χ1n) is 8.41. The fourth-order valence-electron chi connectivity index (χ4n) is 2.00. The van der Waals surface area contributed by atoms with Crippen LogP contribution in [0.2, 0.25) is 0 Å². The van der Waals surface area contributed by atoms with Gasteiger partial charge in [-0.25, -0.2) is 4.79 Å². The second-order valence-corrected chi connectivity index (χ2v) is 7.17. The summed E-state index contributed by atoms with van der Waals surface area (Å²) in [6.45, 7) is 11.6. The van der Waals surface area contributed by atoms with Crippen LogP contribution in [0.1, 0.15) is 47.1 Å². The highest BCUT2D eigenvalue weighted by atomic mass is 16.6. The van der Waals surface area contributed by atoms with Gasteiger partial charge in [0.1, 0.15) is 11.4 Å². The minimum atomic E-state index is -1.05. The van der Waals surface area contributed by atoms with E-state index < -0.39 is 17.2 Å². The first-order valence-corrected chi connectivity index (χ1v) is 8.41. The standard InChI is InChI=1S/C19H29NO5/c1-7-23-17(22)19(5,6)24-15-10-8-14(9-11-15)12-20-13-16(21)25-18(2,3)4/h8-11,20H,7,12-13H2,1-6H3. The molecule has 0 aliphatic rings. The van der Waals surface area contributed by atoms with Crippen LogP contribution < -0.4 is 10.1 Å². The summed E-state index contributed by atoms with van der Waals surface area (Å²) in [7, 11) is 0. The van der Waals surface area contributed by atoms with Crippen LogP contribution in [0.5, 0.6) is 5.75 Å². The average Bonchev–Trinajstić information content (AvgIpc) is 2.47. The Morgan fingerprint density at radius 3 is 2.16 bits per heavy atom. The summed E-state index contributed by atoms with van der Waals surface area (Å²) in [5, 5.41) is 3.04. The van der Waals surface area contributed by atoms with Gasteiger partial charge in [-0.1, -0.05) is 12.1 Å². The Bertz CT molecular complexity index is 572. The molecule has 1 aromatic rings. The molecule has 0 atom stereocenters. The lowest BCUT2D eigenvalue weighted by molar-refractivity contribution is -0.158. The predicted molar refractivity (Wildman–Crippen MR) is 95.3 cm³/mol. The molecule has 0 saturated heterocycles. The minimum absolute atomic E-state index is 0.144. The smallest absolute Gasteiger partial charge is 0.349 e. The lowest BCUT2D eigenvalue weighted by Crippen LogP contribution is -2.39. The molecule has 1 N–H and O–H groups in total. The second-order valence-electron chi connectivity index (χ2n) is 7.17. The van der Waals surface area contributed by atoms with Crippen molar-refractivity contribution in [3.8, 4) is 5.75 Å². The van der Waals surface area contributed by atoms with Crippen LogP contribution in [0, 0.1) is 0 Å². The molecule has 0 aliphatic carbocycles. The SMILES string of the molecule is CCOC(=O)C(C)(C)Oc1ccc(CNCC(=O)OC(C)(C)C)cc1. The fourth-order valence-corrected chi connectivity index (χ4v) is 2.00. The molecule has 25 heavy (non-hydrogen) atoms. The summed E-state index contributed by atoms with van der Waals surface area (Å²) in [5.41, 5.74) is -0.541. The van der Waals surface area contributed by atoms with Crippen molar-refractivity contribution in [3.05, 3.63) is 29.8 Å². The van der Waals surface area contributed by atoms with Crippen molar-refractivity contribution in [2.75, 3.05) is 13.2 Å². The molecule has 1 aromatic carbocycles. The molecular weight excluding hydrogens is 322 g/mol. The molecule has 6 heteroatoms. The Hall–Kier alpha value is -2.08. The van der Waals surface area contributed by atoms with Crippen LogP contribution in [0.25, 0.3) is 0 Å². The van der Waals surface area contributed by atoms with E-state index in [9.17, 15) is 9.59 Å². The molecule has 0 radical (unpaired) electrons. The number of hydrogen-bond donors (Lipinski definition) is 1. The largest absolute Gasteiger partial charge is 0.476 e. The summed E-state index contributed by atoms with van der Waals surface area (Å²) in [6.07, 6.45) is 0. The van der Waals surface area contributed by atoms with Crippen molar-refractivity contribution in [1.82, 2.24) is 5.32 Å². The Balaban J connectivity index is 2.49. The third kappa shape index (κ3) is 8.03. The van der Waals surface area contributed by atoms with Gasteiger partial charge in [0.15, 0.2) is 5.60 Å². The molecule has 6 nitrogen and oxygen atoms in total. The van der Waals surface area contributed by atoms with E-state index in [0.717, 1.165) is 5.56 Å². The van der Waals surface area contributed by atoms with Crippen molar-refractivity contribution in [3.63, 3.8) is 0 Å². The zero-order chi connectivity index (χ0) is 19.1. The van der Waals surface area contributed by atoms with E-state index in [0.29, 0.717) is 18.9 Å². The highest BCUT2D eigenvalue weighted by Crippen LogP contribution is 2.20. The number of ether oxygens (including phenoxy) is 3. The number of nitrogens with one attached hydrogen (secondary N) is 1. The fraction of sp³-hybridized carbons (Fsp3) is 0.579. The number of benzene rings is 1. The van der Waals surface area contributed by atoms with Gasteiger partial charge in [0.05, 0.1) is 13.2 Å². The van der Waals surface area contributed by atoms with Crippen LogP contribution in [0.4, 0.5) is 0 Å². The van der Waals surface area contributed by atoms with E-state index in [2.05, 4.69) is 5.32 Å². The van der Waals surface area contributed by atoms with Crippen molar-refractivity contribution in [2.45, 2.75) is 59.3 Å².